The molecule has 2 heteroatoms. The van der Waals surface area contributed by atoms with Gasteiger partial charge in [0.1, 0.15) is 0 Å². The van der Waals surface area contributed by atoms with Gasteiger partial charge in [-0.15, -0.1) is 19.7 Å². The van der Waals surface area contributed by atoms with E-state index in [1.54, 1.807) is 0 Å². The van der Waals surface area contributed by atoms with Crippen molar-refractivity contribution in [3.63, 3.8) is 0 Å². The van der Waals surface area contributed by atoms with Crippen LogP contribution in [0.1, 0.15) is 13.3 Å². The van der Waals surface area contributed by atoms with E-state index in [-0.39, 0.29) is 5.73 Å². The molecular weight excluding hydrogens is 176 g/mol. The third-order valence-corrected chi connectivity index (χ3v) is 6.03. The zero-order valence-electron chi connectivity index (χ0n) is 8.33. The van der Waals surface area contributed by atoms with Crippen LogP contribution >= 0.6 is 0 Å². The van der Waals surface area contributed by atoms with Crippen LogP contribution in [-0.4, -0.2) is 13.8 Å². The Labute approximate surface area is 82.1 Å². The summed E-state index contributed by atoms with van der Waals surface area (Å²) >= 11 is 0. The summed E-state index contributed by atoms with van der Waals surface area (Å²) in [6, 6.07) is 0. The van der Waals surface area contributed by atoms with Crippen LogP contribution < -0.4 is 0 Å². The van der Waals surface area contributed by atoms with Crippen molar-refractivity contribution >= 4 is 8.07 Å². The topological polar surface area (TPSA) is 9.23 Å². The molecule has 0 aromatic rings. The predicted molar refractivity (Wildman–Crippen MR) is 61.7 cm³/mol. The van der Waals surface area contributed by atoms with Gasteiger partial charge in [0.25, 0.3) is 0 Å². The summed E-state index contributed by atoms with van der Waals surface area (Å²) in [4.78, 5) is 0. The Balaban J connectivity index is 4.84. The molecule has 0 saturated heterocycles. The highest BCUT2D eigenvalue weighted by molar-refractivity contribution is 6.94. The highest BCUT2D eigenvalue weighted by atomic mass is 28.3. The van der Waals surface area contributed by atoms with Gasteiger partial charge in [0, 0.05) is 0 Å². The van der Waals surface area contributed by atoms with E-state index in [1.165, 1.54) is 6.26 Å². The highest BCUT2D eigenvalue weighted by Gasteiger charge is 2.32. The fraction of sp³-hybridized carbons (Fsp3) is 0.273. The van der Waals surface area contributed by atoms with Crippen LogP contribution in [0.15, 0.2) is 49.7 Å². The van der Waals surface area contributed by atoms with Crippen LogP contribution in [0.2, 0.25) is 0 Å². The zero-order chi connectivity index (χ0) is 10.3. The van der Waals surface area contributed by atoms with Gasteiger partial charge in [-0.05, 0) is 6.42 Å². The maximum atomic E-state index is 5.44. The summed E-state index contributed by atoms with van der Waals surface area (Å²) in [5.41, 5.74) is 5.93. The molecule has 0 aromatic carbocycles. The lowest BCUT2D eigenvalue weighted by atomic mass is 10.5. The van der Waals surface area contributed by atoms with Crippen LogP contribution in [0.25, 0.3) is 0 Å². The Hall–Kier alpha value is -1.02. The Morgan fingerprint density at radius 1 is 1.15 bits per heavy atom. The number of ether oxygens (including phenoxy) is 1. The first-order chi connectivity index (χ1) is 6.20. The van der Waals surface area contributed by atoms with Gasteiger partial charge in [-0.3, -0.25) is 0 Å². The van der Waals surface area contributed by atoms with E-state index in [0.29, 0.717) is 0 Å². The first kappa shape index (κ1) is 12.0. The van der Waals surface area contributed by atoms with Crippen molar-refractivity contribution in [2.75, 3.05) is 0 Å². The average Bonchev–Trinajstić information content (AvgIpc) is 2.19. The molecule has 13 heavy (non-hydrogen) atoms. The van der Waals surface area contributed by atoms with Crippen LogP contribution in [0.4, 0.5) is 0 Å². The zero-order valence-corrected chi connectivity index (χ0v) is 9.33. The number of hydrogen-bond acceptors (Lipinski definition) is 1. The monoisotopic (exact) mass is 194 g/mol. The van der Waals surface area contributed by atoms with Crippen LogP contribution in [-0.2, 0) is 4.74 Å². The van der Waals surface area contributed by atoms with E-state index < -0.39 is 8.07 Å². The van der Waals surface area contributed by atoms with Crippen molar-refractivity contribution in [3.05, 3.63) is 49.7 Å². The molecule has 0 heterocycles. The molecule has 1 atom stereocenters. The smallest absolute Gasteiger partial charge is 0.170 e. The molecule has 0 aliphatic heterocycles. The standard InChI is InChI=1S/C11H18OSi/c1-6-11(12-7-2)13(8-3,9-4)10-5/h7-11H,2-6H2,1H3. The minimum atomic E-state index is -1.87. The average molecular weight is 194 g/mol. The Morgan fingerprint density at radius 3 is 1.85 bits per heavy atom. The molecule has 0 radical (unpaired) electrons. The lowest BCUT2D eigenvalue weighted by Crippen LogP contribution is -2.43. The molecule has 0 rings (SSSR count). The van der Waals surface area contributed by atoms with Gasteiger partial charge in [-0.1, -0.05) is 30.6 Å². The van der Waals surface area contributed by atoms with Crippen molar-refractivity contribution in [3.8, 4) is 0 Å². The highest BCUT2D eigenvalue weighted by Crippen LogP contribution is 2.19. The first-order valence-corrected chi connectivity index (χ1v) is 6.68. The van der Waals surface area contributed by atoms with E-state index in [2.05, 4.69) is 33.2 Å². The van der Waals surface area contributed by atoms with Gasteiger partial charge < -0.3 is 4.74 Å². The summed E-state index contributed by atoms with van der Waals surface area (Å²) in [5.74, 6) is 0. The van der Waals surface area contributed by atoms with E-state index in [1.807, 2.05) is 17.1 Å². The van der Waals surface area contributed by atoms with Gasteiger partial charge in [0.05, 0.1) is 12.0 Å². The third kappa shape index (κ3) is 2.46. The van der Waals surface area contributed by atoms with Gasteiger partial charge in [-0.25, -0.2) is 0 Å². The van der Waals surface area contributed by atoms with Gasteiger partial charge in [0.2, 0.25) is 0 Å². The van der Waals surface area contributed by atoms with Crippen molar-refractivity contribution in [2.45, 2.75) is 19.1 Å². The molecule has 0 bridgehead atoms. The molecule has 0 saturated carbocycles. The fourth-order valence-corrected chi connectivity index (χ4v) is 3.66. The fourth-order valence-electron chi connectivity index (χ4n) is 1.33. The summed E-state index contributed by atoms with van der Waals surface area (Å²) in [6.07, 6.45) is 2.40. The first-order valence-electron chi connectivity index (χ1n) is 4.37. The molecular formula is C11H18OSi. The lowest BCUT2D eigenvalue weighted by molar-refractivity contribution is 0.205. The van der Waals surface area contributed by atoms with Gasteiger partial charge in [-0.2, -0.15) is 0 Å². The van der Waals surface area contributed by atoms with E-state index in [4.69, 9.17) is 4.74 Å². The summed E-state index contributed by atoms with van der Waals surface area (Å²) in [7, 11) is -1.87. The summed E-state index contributed by atoms with van der Waals surface area (Å²) < 4.78 is 5.44. The Kier molecular flexibility index (Phi) is 5.15. The number of hydrogen-bond donors (Lipinski definition) is 0. The maximum Gasteiger partial charge on any atom is 0.170 e. The minimum Gasteiger partial charge on any atom is -0.501 e. The molecule has 0 aliphatic carbocycles. The second kappa shape index (κ2) is 5.59. The van der Waals surface area contributed by atoms with E-state index >= 15 is 0 Å². The normalized spacial score (nSPS) is 12.7. The number of rotatable bonds is 7. The van der Waals surface area contributed by atoms with Gasteiger partial charge >= 0.3 is 0 Å². The molecule has 0 spiro atoms. The van der Waals surface area contributed by atoms with Crippen molar-refractivity contribution < 1.29 is 4.74 Å². The van der Waals surface area contributed by atoms with Crippen molar-refractivity contribution in [1.82, 2.24) is 0 Å². The van der Waals surface area contributed by atoms with Gasteiger partial charge in [0.15, 0.2) is 8.07 Å². The van der Waals surface area contributed by atoms with Crippen LogP contribution in [0.5, 0.6) is 0 Å². The Morgan fingerprint density at radius 2 is 1.62 bits per heavy atom. The summed E-state index contributed by atoms with van der Waals surface area (Å²) in [6.45, 7) is 17.1. The molecule has 0 aromatic heterocycles. The second-order valence-corrected chi connectivity index (χ2v) is 6.68. The molecule has 0 N–H and O–H groups in total. The minimum absolute atomic E-state index is 0.123. The molecule has 1 nitrogen and oxygen atoms in total. The lowest BCUT2D eigenvalue weighted by Gasteiger charge is -2.28. The van der Waals surface area contributed by atoms with Crippen molar-refractivity contribution in [2.24, 2.45) is 0 Å². The third-order valence-electron chi connectivity index (χ3n) is 2.25. The molecule has 0 amide bonds. The molecule has 0 fully saturated rings. The van der Waals surface area contributed by atoms with Crippen LogP contribution in [0, 0.1) is 0 Å². The van der Waals surface area contributed by atoms with Crippen LogP contribution in [0.3, 0.4) is 0 Å². The molecule has 72 valence electrons. The van der Waals surface area contributed by atoms with E-state index in [9.17, 15) is 0 Å². The van der Waals surface area contributed by atoms with Crippen molar-refractivity contribution in [1.29, 1.82) is 0 Å². The molecule has 0 aliphatic rings. The Bertz CT molecular complexity index is 186. The quantitative estimate of drug-likeness (QED) is 0.447. The predicted octanol–water partition coefficient (Wildman–Crippen LogP) is 3.09. The maximum absolute atomic E-state index is 5.44. The SMILES string of the molecule is C=COC(CC)[Si](C=C)(C=C)C=C. The second-order valence-electron chi connectivity index (χ2n) is 2.81. The summed E-state index contributed by atoms with van der Waals surface area (Å²) in [5, 5.41) is 0. The van der Waals surface area contributed by atoms with E-state index in [0.717, 1.165) is 6.42 Å². The largest absolute Gasteiger partial charge is 0.501 e. The molecule has 1 unspecified atom stereocenters.